The number of carbonyl (C=O) groups is 2. The van der Waals surface area contributed by atoms with E-state index >= 15 is 0 Å². The molecule has 19 heavy (non-hydrogen) atoms. The maximum absolute atomic E-state index is 11.9. The number of nitrogens with one attached hydrogen (secondary N) is 1. The van der Waals surface area contributed by atoms with Gasteiger partial charge in [0.15, 0.2) is 0 Å². The Labute approximate surface area is 113 Å². The van der Waals surface area contributed by atoms with Crippen LogP contribution in [0, 0.1) is 11.8 Å². The molecule has 1 rings (SSSR count). The molecule has 2 N–H and O–H groups in total. The average molecular weight is 264 g/mol. The van der Waals surface area contributed by atoms with Crippen LogP contribution >= 0.6 is 0 Å². The first kappa shape index (κ1) is 15.1. The fraction of sp³-hybridized carbons (Fsp3) is 0.500. The van der Waals surface area contributed by atoms with Gasteiger partial charge in [-0.1, -0.05) is 26.8 Å². The molecule has 0 radical (unpaired) electrons. The summed E-state index contributed by atoms with van der Waals surface area (Å²) in [4.78, 5) is 26.9. The van der Waals surface area contributed by atoms with E-state index in [1.807, 2.05) is 19.1 Å². The highest BCUT2D eigenvalue weighted by Gasteiger charge is 2.25. The Morgan fingerprint density at radius 3 is 2.63 bits per heavy atom. The molecule has 0 aliphatic carbocycles. The molecule has 5 heteroatoms. The molecule has 1 heterocycles. The Hall–Kier alpha value is -1.91. The number of pyridine rings is 1. The van der Waals surface area contributed by atoms with Crippen LogP contribution in [0.1, 0.15) is 32.0 Å². The summed E-state index contributed by atoms with van der Waals surface area (Å²) in [6.07, 6.45) is 2.53. The lowest BCUT2D eigenvalue weighted by Gasteiger charge is -2.16. The molecule has 2 unspecified atom stereocenters. The van der Waals surface area contributed by atoms with Gasteiger partial charge in [0, 0.05) is 12.1 Å². The van der Waals surface area contributed by atoms with Crippen LogP contribution in [0.15, 0.2) is 18.3 Å². The molecule has 0 fully saturated rings. The predicted molar refractivity (Wildman–Crippen MR) is 71.4 cm³/mol. The van der Waals surface area contributed by atoms with Crippen molar-refractivity contribution >= 4 is 11.9 Å². The van der Waals surface area contributed by atoms with Crippen LogP contribution in [-0.2, 0) is 22.6 Å². The highest BCUT2D eigenvalue weighted by molar-refractivity contribution is 5.84. The van der Waals surface area contributed by atoms with E-state index in [-0.39, 0.29) is 5.91 Å². The SMILES string of the molecule is CCc1cccnc1CNC(=O)C(C)C(C)C(=O)O. The second-order valence-electron chi connectivity index (χ2n) is 4.60. The number of aliphatic carboxylic acids is 1. The van der Waals surface area contributed by atoms with Crippen LogP contribution < -0.4 is 5.32 Å². The highest BCUT2D eigenvalue weighted by atomic mass is 16.4. The van der Waals surface area contributed by atoms with Crippen molar-refractivity contribution in [3.8, 4) is 0 Å². The van der Waals surface area contributed by atoms with Crippen molar-refractivity contribution in [2.24, 2.45) is 11.8 Å². The zero-order chi connectivity index (χ0) is 14.4. The molecule has 0 bridgehead atoms. The first-order chi connectivity index (χ1) is 8.97. The minimum atomic E-state index is -0.963. The maximum atomic E-state index is 11.9. The van der Waals surface area contributed by atoms with Crippen molar-refractivity contribution in [3.63, 3.8) is 0 Å². The van der Waals surface area contributed by atoms with Crippen molar-refractivity contribution < 1.29 is 14.7 Å². The van der Waals surface area contributed by atoms with Crippen LogP contribution in [0.25, 0.3) is 0 Å². The molecule has 0 saturated heterocycles. The van der Waals surface area contributed by atoms with Crippen LogP contribution in [0.4, 0.5) is 0 Å². The van der Waals surface area contributed by atoms with E-state index in [0.717, 1.165) is 17.7 Å². The first-order valence-corrected chi connectivity index (χ1v) is 6.40. The van der Waals surface area contributed by atoms with Gasteiger partial charge < -0.3 is 10.4 Å². The average Bonchev–Trinajstić information content (AvgIpc) is 2.43. The summed E-state index contributed by atoms with van der Waals surface area (Å²) in [7, 11) is 0. The quantitative estimate of drug-likeness (QED) is 0.818. The fourth-order valence-corrected chi connectivity index (χ4v) is 1.73. The van der Waals surface area contributed by atoms with E-state index < -0.39 is 17.8 Å². The van der Waals surface area contributed by atoms with Gasteiger partial charge >= 0.3 is 5.97 Å². The molecule has 0 spiro atoms. The molecule has 5 nitrogen and oxygen atoms in total. The van der Waals surface area contributed by atoms with E-state index in [1.165, 1.54) is 6.92 Å². The van der Waals surface area contributed by atoms with E-state index in [4.69, 9.17) is 5.11 Å². The third-order valence-corrected chi connectivity index (χ3v) is 3.35. The number of aryl methyl sites for hydroxylation is 1. The van der Waals surface area contributed by atoms with Gasteiger partial charge in [-0.25, -0.2) is 0 Å². The Morgan fingerprint density at radius 2 is 2.05 bits per heavy atom. The Bertz CT molecular complexity index is 460. The first-order valence-electron chi connectivity index (χ1n) is 6.40. The van der Waals surface area contributed by atoms with Crippen LogP contribution in [0.2, 0.25) is 0 Å². The van der Waals surface area contributed by atoms with Crippen molar-refractivity contribution in [2.75, 3.05) is 0 Å². The molecular weight excluding hydrogens is 244 g/mol. The summed E-state index contributed by atoms with van der Waals surface area (Å²) in [6, 6.07) is 3.83. The number of carboxylic acids is 1. The van der Waals surface area contributed by atoms with Gasteiger partial charge in [-0.15, -0.1) is 0 Å². The molecule has 2 atom stereocenters. The van der Waals surface area contributed by atoms with Crippen molar-refractivity contribution in [2.45, 2.75) is 33.7 Å². The largest absolute Gasteiger partial charge is 0.481 e. The molecule has 0 aliphatic heterocycles. The van der Waals surface area contributed by atoms with Crippen LogP contribution in [0.3, 0.4) is 0 Å². The normalized spacial score (nSPS) is 13.6. The molecule has 0 aromatic carbocycles. The summed E-state index contributed by atoms with van der Waals surface area (Å²) >= 11 is 0. The summed E-state index contributed by atoms with van der Waals surface area (Å²) in [6.45, 7) is 5.51. The highest BCUT2D eigenvalue weighted by Crippen LogP contribution is 2.12. The van der Waals surface area contributed by atoms with Gasteiger partial charge in [0.05, 0.1) is 18.2 Å². The Morgan fingerprint density at radius 1 is 1.37 bits per heavy atom. The van der Waals surface area contributed by atoms with E-state index in [9.17, 15) is 9.59 Å². The minimum absolute atomic E-state index is 0.261. The lowest BCUT2D eigenvalue weighted by molar-refractivity contribution is -0.146. The van der Waals surface area contributed by atoms with Gasteiger partial charge in [-0.05, 0) is 18.1 Å². The minimum Gasteiger partial charge on any atom is -0.481 e. The smallest absolute Gasteiger partial charge is 0.307 e. The van der Waals surface area contributed by atoms with Crippen molar-refractivity contribution in [1.82, 2.24) is 10.3 Å². The second-order valence-corrected chi connectivity index (χ2v) is 4.60. The number of rotatable bonds is 6. The van der Waals surface area contributed by atoms with E-state index in [1.54, 1.807) is 13.1 Å². The van der Waals surface area contributed by atoms with Gasteiger partial charge in [0.1, 0.15) is 0 Å². The van der Waals surface area contributed by atoms with Gasteiger partial charge in [0.25, 0.3) is 0 Å². The lowest BCUT2D eigenvalue weighted by Crippen LogP contribution is -2.35. The summed E-state index contributed by atoms with van der Waals surface area (Å²) in [5.74, 6) is -2.49. The van der Waals surface area contributed by atoms with Gasteiger partial charge in [0.2, 0.25) is 5.91 Å². The van der Waals surface area contributed by atoms with Crippen molar-refractivity contribution in [1.29, 1.82) is 0 Å². The number of amides is 1. The third-order valence-electron chi connectivity index (χ3n) is 3.35. The molecular formula is C14H20N2O3. The number of aromatic nitrogens is 1. The number of hydrogen-bond donors (Lipinski definition) is 2. The summed E-state index contributed by atoms with van der Waals surface area (Å²) in [5, 5.41) is 11.6. The van der Waals surface area contributed by atoms with Crippen molar-refractivity contribution in [3.05, 3.63) is 29.6 Å². The van der Waals surface area contributed by atoms with E-state index in [0.29, 0.717) is 6.54 Å². The maximum Gasteiger partial charge on any atom is 0.307 e. The standard InChI is InChI=1S/C14H20N2O3/c1-4-11-6-5-7-15-12(11)8-16-13(17)9(2)10(3)14(18)19/h5-7,9-10H,4,8H2,1-3H3,(H,16,17)(H,18,19). The number of nitrogens with zero attached hydrogens (tertiary/aromatic N) is 1. The zero-order valence-corrected chi connectivity index (χ0v) is 11.5. The summed E-state index contributed by atoms with van der Waals surface area (Å²) < 4.78 is 0. The third kappa shape index (κ3) is 4.05. The molecule has 1 amide bonds. The topological polar surface area (TPSA) is 79.3 Å². The molecule has 0 saturated carbocycles. The second kappa shape index (κ2) is 6.87. The molecule has 1 aromatic rings. The van der Waals surface area contributed by atoms with Gasteiger partial charge in [-0.3, -0.25) is 14.6 Å². The van der Waals surface area contributed by atoms with E-state index in [2.05, 4.69) is 10.3 Å². The molecule has 0 aliphatic rings. The fourth-order valence-electron chi connectivity index (χ4n) is 1.73. The number of carbonyl (C=O) groups excluding carboxylic acids is 1. The molecule has 1 aromatic heterocycles. The molecule has 104 valence electrons. The Balaban J connectivity index is 2.61. The zero-order valence-electron chi connectivity index (χ0n) is 11.5. The van der Waals surface area contributed by atoms with Crippen LogP contribution in [-0.4, -0.2) is 22.0 Å². The summed E-state index contributed by atoms with van der Waals surface area (Å²) in [5.41, 5.74) is 1.91. The lowest BCUT2D eigenvalue weighted by atomic mass is 9.95. The monoisotopic (exact) mass is 264 g/mol. The van der Waals surface area contributed by atoms with Gasteiger partial charge in [-0.2, -0.15) is 0 Å². The number of hydrogen-bond acceptors (Lipinski definition) is 3. The van der Waals surface area contributed by atoms with Crippen LogP contribution in [0.5, 0.6) is 0 Å². The number of carboxylic acid groups (broad SMARTS) is 1. The Kier molecular flexibility index (Phi) is 5.48. The predicted octanol–water partition coefficient (Wildman–Crippen LogP) is 1.62.